The topological polar surface area (TPSA) is 50.3 Å². The van der Waals surface area contributed by atoms with Crippen molar-refractivity contribution in [3.05, 3.63) is 10.4 Å². The molecule has 0 fully saturated rings. The summed E-state index contributed by atoms with van der Waals surface area (Å²) in [6, 6.07) is 0. The van der Waals surface area contributed by atoms with Crippen molar-refractivity contribution >= 4 is 39.1 Å². The van der Waals surface area contributed by atoms with Gasteiger partial charge in [0.2, 0.25) is 0 Å². The van der Waals surface area contributed by atoms with Crippen LogP contribution in [0.5, 0.6) is 0 Å². The normalized spacial score (nSPS) is 16.2. The maximum Gasteiger partial charge on any atom is 0.190 e. The zero-order valence-electron chi connectivity index (χ0n) is 16.5. The summed E-state index contributed by atoms with van der Waals surface area (Å²) in [7, 11) is 4.22. The molecule has 1 aliphatic heterocycles. The summed E-state index contributed by atoms with van der Waals surface area (Å²) in [6.45, 7) is 9.19. The van der Waals surface area contributed by atoms with Crippen molar-refractivity contribution < 1.29 is 4.74 Å². The van der Waals surface area contributed by atoms with E-state index in [2.05, 4.69) is 45.1 Å². The van der Waals surface area contributed by atoms with Crippen LogP contribution in [0.1, 0.15) is 44.1 Å². The van der Waals surface area contributed by atoms with Crippen molar-refractivity contribution in [2.75, 3.05) is 38.3 Å². The molecular weight excluding hydrogens is 364 g/mol. The van der Waals surface area contributed by atoms with Gasteiger partial charge in [-0.25, -0.2) is 9.97 Å². The van der Waals surface area contributed by atoms with Crippen LogP contribution < -0.4 is 5.32 Å². The van der Waals surface area contributed by atoms with Gasteiger partial charge >= 0.3 is 0 Å². The lowest BCUT2D eigenvalue weighted by Gasteiger charge is -2.30. The number of hydrogen-bond acceptors (Lipinski definition) is 7. The van der Waals surface area contributed by atoms with E-state index in [4.69, 9.17) is 14.7 Å². The molecule has 3 rings (SSSR count). The van der Waals surface area contributed by atoms with Crippen molar-refractivity contribution in [3.63, 3.8) is 0 Å². The Kier molecular flexibility index (Phi) is 6.43. The lowest BCUT2D eigenvalue weighted by Crippen LogP contribution is -2.31. The molecule has 0 amide bonds. The summed E-state index contributed by atoms with van der Waals surface area (Å²) in [5.41, 5.74) is 1.25. The number of thioether (sulfide) groups is 1. The first kappa shape index (κ1) is 19.9. The Hall–Kier alpha value is -0.890. The molecule has 0 atom stereocenters. The molecule has 3 heterocycles. The van der Waals surface area contributed by atoms with Gasteiger partial charge in [0.15, 0.2) is 5.16 Å². The average Bonchev–Trinajstić information content (AvgIpc) is 2.93. The standard InChI is InChI=1S/C19H30N4OS2/c1-6-10-25-18-21-16(20-8-7-9-23(4)5)15-13-11-19(2,3)24-12-14(13)26-17(15)22-18/h6-12H2,1-5H3,(H,20,21,22). The molecule has 1 N–H and O–H groups in total. The van der Waals surface area contributed by atoms with E-state index >= 15 is 0 Å². The maximum atomic E-state index is 6.01. The van der Waals surface area contributed by atoms with Crippen LogP contribution in [0.25, 0.3) is 10.2 Å². The molecule has 0 spiro atoms. The molecule has 7 heteroatoms. The van der Waals surface area contributed by atoms with Gasteiger partial charge in [0.25, 0.3) is 0 Å². The highest BCUT2D eigenvalue weighted by atomic mass is 32.2. The molecule has 0 aromatic carbocycles. The molecule has 0 bridgehead atoms. The zero-order chi connectivity index (χ0) is 18.7. The third kappa shape index (κ3) is 4.68. The van der Waals surface area contributed by atoms with Crippen LogP contribution in [0.3, 0.4) is 0 Å². The monoisotopic (exact) mass is 394 g/mol. The van der Waals surface area contributed by atoms with Gasteiger partial charge in [-0.2, -0.15) is 0 Å². The van der Waals surface area contributed by atoms with Gasteiger partial charge in [-0.1, -0.05) is 18.7 Å². The van der Waals surface area contributed by atoms with Crippen molar-refractivity contribution in [2.24, 2.45) is 0 Å². The fourth-order valence-corrected chi connectivity index (χ4v) is 4.97. The van der Waals surface area contributed by atoms with E-state index in [-0.39, 0.29) is 5.60 Å². The number of nitrogens with one attached hydrogen (secondary N) is 1. The zero-order valence-corrected chi connectivity index (χ0v) is 18.1. The molecule has 0 saturated carbocycles. The van der Waals surface area contributed by atoms with Gasteiger partial charge in [-0.15, -0.1) is 11.3 Å². The van der Waals surface area contributed by atoms with Crippen LogP contribution in [-0.2, 0) is 17.8 Å². The second-order valence-electron chi connectivity index (χ2n) is 7.70. The van der Waals surface area contributed by atoms with Crippen LogP contribution >= 0.6 is 23.1 Å². The summed E-state index contributed by atoms with van der Waals surface area (Å²) >= 11 is 3.51. The Morgan fingerprint density at radius 2 is 2.12 bits per heavy atom. The van der Waals surface area contributed by atoms with E-state index in [1.54, 1.807) is 23.1 Å². The van der Waals surface area contributed by atoms with Crippen molar-refractivity contribution in [3.8, 4) is 0 Å². The van der Waals surface area contributed by atoms with Gasteiger partial charge in [-0.05, 0) is 52.9 Å². The van der Waals surface area contributed by atoms with Crippen LogP contribution in [0.4, 0.5) is 5.82 Å². The molecule has 2 aromatic heterocycles. The average molecular weight is 395 g/mol. The lowest BCUT2D eigenvalue weighted by molar-refractivity contribution is -0.0379. The molecule has 0 aliphatic carbocycles. The first-order valence-electron chi connectivity index (χ1n) is 9.37. The number of thiophene rings is 1. The third-order valence-corrected chi connectivity index (χ3v) is 6.57. The van der Waals surface area contributed by atoms with Crippen molar-refractivity contribution in [1.82, 2.24) is 14.9 Å². The summed E-state index contributed by atoms with van der Waals surface area (Å²) < 4.78 is 6.01. The first-order valence-corrected chi connectivity index (χ1v) is 11.2. The second kappa shape index (κ2) is 8.42. The smallest absolute Gasteiger partial charge is 0.190 e. The van der Waals surface area contributed by atoms with Crippen LogP contribution in [0.2, 0.25) is 0 Å². The molecule has 1 aliphatic rings. The molecule has 5 nitrogen and oxygen atoms in total. The van der Waals surface area contributed by atoms with E-state index in [9.17, 15) is 0 Å². The molecule has 2 aromatic rings. The largest absolute Gasteiger partial charge is 0.370 e. The molecular formula is C19H30N4OS2. The van der Waals surface area contributed by atoms with Crippen LogP contribution in [0, 0.1) is 0 Å². The number of fused-ring (bicyclic) bond motifs is 3. The van der Waals surface area contributed by atoms with Gasteiger partial charge < -0.3 is 15.0 Å². The van der Waals surface area contributed by atoms with Crippen LogP contribution in [0.15, 0.2) is 5.16 Å². The first-order chi connectivity index (χ1) is 12.4. The minimum atomic E-state index is -0.126. The molecule has 144 valence electrons. The number of anilines is 1. The van der Waals surface area contributed by atoms with Crippen molar-refractivity contribution in [1.29, 1.82) is 0 Å². The van der Waals surface area contributed by atoms with E-state index in [0.29, 0.717) is 6.61 Å². The quantitative estimate of drug-likeness (QED) is 0.407. The Morgan fingerprint density at radius 1 is 1.31 bits per heavy atom. The Balaban J connectivity index is 1.93. The Morgan fingerprint density at radius 3 is 2.85 bits per heavy atom. The van der Waals surface area contributed by atoms with Crippen molar-refractivity contribution in [2.45, 2.75) is 57.4 Å². The maximum absolute atomic E-state index is 6.01. The molecule has 26 heavy (non-hydrogen) atoms. The number of hydrogen-bond donors (Lipinski definition) is 1. The highest BCUT2D eigenvalue weighted by molar-refractivity contribution is 7.99. The van der Waals surface area contributed by atoms with Crippen LogP contribution in [-0.4, -0.2) is 53.4 Å². The molecule has 0 saturated heterocycles. The highest BCUT2D eigenvalue weighted by Crippen LogP contribution is 2.41. The van der Waals surface area contributed by atoms with Gasteiger partial charge in [0.05, 0.1) is 17.6 Å². The number of ether oxygens (including phenoxy) is 1. The minimum absolute atomic E-state index is 0.126. The summed E-state index contributed by atoms with van der Waals surface area (Å²) in [5, 5.41) is 5.70. The minimum Gasteiger partial charge on any atom is -0.370 e. The SMILES string of the molecule is CCCSc1nc(NCCCN(C)C)c2c3c(sc2n1)COC(C)(C)C3. The number of aromatic nitrogens is 2. The number of rotatable bonds is 8. The van der Waals surface area contributed by atoms with Gasteiger partial charge in [0.1, 0.15) is 10.6 Å². The fraction of sp³-hybridized carbons (Fsp3) is 0.684. The van der Waals surface area contributed by atoms with E-state index in [0.717, 1.165) is 53.9 Å². The summed E-state index contributed by atoms with van der Waals surface area (Å²) in [6.07, 6.45) is 3.14. The van der Waals surface area contributed by atoms with E-state index < -0.39 is 0 Å². The van der Waals surface area contributed by atoms with Gasteiger partial charge in [0, 0.05) is 23.6 Å². The third-order valence-electron chi connectivity index (χ3n) is 4.42. The Labute approximate surface area is 164 Å². The number of nitrogens with zero attached hydrogens (tertiary/aromatic N) is 3. The highest BCUT2D eigenvalue weighted by Gasteiger charge is 2.31. The Bertz CT molecular complexity index is 758. The van der Waals surface area contributed by atoms with E-state index in [1.165, 1.54) is 15.8 Å². The molecule has 0 unspecified atom stereocenters. The predicted octanol–water partition coefficient (Wildman–Crippen LogP) is 4.41. The molecule has 0 radical (unpaired) electrons. The fourth-order valence-electron chi connectivity index (χ4n) is 3.11. The predicted molar refractivity (Wildman–Crippen MR) is 113 cm³/mol. The summed E-state index contributed by atoms with van der Waals surface area (Å²) in [4.78, 5) is 14.3. The summed E-state index contributed by atoms with van der Waals surface area (Å²) in [5.74, 6) is 2.05. The van der Waals surface area contributed by atoms with Gasteiger partial charge in [-0.3, -0.25) is 0 Å². The second-order valence-corrected chi connectivity index (χ2v) is 9.84. The lowest BCUT2D eigenvalue weighted by atomic mass is 9.94. The van der Waals surface area contributed by atoms with E-state index in [1.807, 2.05) is 0 Å².